The van der Waals surface area contributed by atoms with Gasteiger partial charge in [-0.3, -0.25) is 0 Å². The molecule has 0 aliphatic rings. The smallest absolute Gasteiger partial charge is 0.191 e. The van der Waals surface area contributed by atoms with Gasteiger partial charge in [0, 0.05) is 23.4 Å². The SMILES string of the molecule is CCn1c(SCc2cccc(OC)c2)nnc1C(C)Oc1cc(Cl)ccc1Cl. The van der Waals surface area contributed by atoms with Crippen LogP contribution in [0.2, 0.25) is 10.0 Å². The number of hydrogen-bond donors (Lipinski definition) is 0. The molecule has 0 saturated heterocycles. The lowest BCUT2D eigenvalue weighted by atomic mass is 10.2. The van der Waals surface area contributed by atoms with Gasteiger partial charge in [0.15, 0.2) is 17.1 Å². The second-order valence-corrected chi connectivity index (χ2v) is 7.85. The van der Waals surface area contributed by atoms with Crippen molar-refractivity contribution in [3.63, 3.8) is 0 Å². The normalized spacial score (nSPS) is 12.0. The largest absolute Gasteiger partial charge is 0.497 e. The average Bonchev–Trinajstić information content (AvgIpc) is 3.12. The fourth-order valence-corrected chi connectivity index (χ4v) is 4.00. The molecule has 0 saturated carbocycles. The van der Waals surface area contributed by atoms with Gasteiger partial charge in [-0.2, -0.15) is 0 Å². The Bertz CT molecular complexity index is 949. The molecule has 3 aromatic rings. The summed E-state index contributed by atoms with van der Waals surface area (Å²) in [5, 5.41) is 10.6. The minimum Gasteiger partial charge on any atom is -0.497 e. The lowest BCUT2D eigenvalue weighted by Crippen LogP contribution is -2.12. The molecule has 3 rings (SSSR count). The number of rotatable bonds is 8. The highest BCUT2D eigenvalue weighted by Crippen LogP contribution is 2.32. The average molecular weight is 438 g/mol. The third-order valence-electron chi connectivity index (χ3n) is 4.12. The second-order valence-electron chi connectivity index (χ2n) is 6.06. The number of thioether (sulfide) groups is 1. The van der Waals surface area contributed by atoms with Crippen molar-refractivity contribution in [3.8, 4) is 11.5 Å². The first-order chi connectivity index (χ1) is 13.5. The Labute approximate surface area is 179 Å². The zero-order valence-electron chi connectivity index (χ0n) is 15.9. The van der Waals surface area contributed by atoms with Crippen molar-refractivity contribution in [2.45, 2.75) is 37.4 Å². The maximum Gasteiger partial charge on any atom is 0.191 e. The molecule has 28 heavy (non-hydrogen) atoms. The summed E-state index contributed by atoms with van der Waals surface area (Å²) in [6, 6.07) is 13.1. The van der Waals surface area contributed by atoms with Gasteiger partial charge in [-0.25, -0.2) is 0 Å². The van der Waals surface area contributed by atoms with Gasteiger partial charge in [-0.15, -0.1) is 10.2 Å². The molecule has 2 aromatic carbocycles. The van der Waals surface area contributed by atoms with Crippen LogP contribution in [-0.2, 0) is 12.3 Å². The Hall–Kier alpha value is -1.89. The lowest BCUT2D eigenvalue weighted by molar-refractivity contribution is 0.210. The molecule has 1 heterocycles. The first-order valence-corrected chi connectivity index (χ1v) is 10.6. The molecular formula is C20H21Cl2N3O2S. The van der Waals surface area contributed by atoms with E-state index in [1.54, 1.807) is 37.1 Å². The standard InChI is InChI=1S/C20H21Cl2N3O2S/c1-4-25-19(13(2)27-18-11-15(21)8-9-17(18)22)23-24-20(25)28-12-14-6-5-7-16(10-14)26-3/h5-11,13H,4,12H2,1-3H3. The van der Waals surface area contributed by atoms with E-state index < -0.39 is 0 Å². The van der Waals surface area contributed by atoms with Crippen LogP contribution in [0.1, 0.15) is 31.3 Å². The highest BCUT2D eigenvalue weighted by Gasteiger charge is 2.20. The third-order valence-corrected chi connectivity index (χ3v) is 5.71. The number of benzene rings is 2. The summed E-state index contributed by atoms with van der Waals surface area (Å²) >= 11 is 13.9. The van der Waals surface area contributed by atoms with Crippen molar-refractivity contribution in [1.82, 2.24) is 14.8 Å². The Balaban J connectivity index is 1.74. The number of nitrogens with zero attached hydrogens (tertiary/aromatic N) is 3. The summed E-state index contributed by atoms with van der Waals surface area (Å²) in [6.45, 7) is 4.71. The lowest BCUT2D eigenvalue weighted by Gasteiger charge is -2.16. The molecule has 1 atom stereocenters. The summed E-state index contributed by atoms with van der Waals surface area (Å²) in [5.41, 5.74) is 1.16. The minimum absolute atomic E-state index is 0.324. The van der Waals surface area contributed by atoms with Crippen LogP contribution in [0.5, 0.6) is 11.5 Å². The van der Waals surface area contributed by atoms with E-state index in [0.717, 1.165) is 34.6 Å². The van der Waals surface area contributed by atoms with E-state index in [4.69, 9.17) is 32.7 Å². The molecule has 0 spiro atoms. The maximum absolute atomic E-state index is 6.21. The highest BCUT2D eigenvalue weighted by molar-refractivity contribution is 7.98. The molecule has 148 valence electrons. The van der Waals surface area contributed by atoms with Crippen molar-refractivity contribution in [2.75, 3.05) is 7.11 Å². The Morgan fingerprint density at radius 1 is 1.14 bits per heavy atom. The summed E-state index contributed by atoms with van der Waals surface area (Å²) < 4.78 is 13.3. The first-order valence-electron chi connectivity index (χ1n) is 8.82. The van der Waals surface area contributed by atoms with E-state index in [2.05, 4.69) is 23.2 Å². The number of halogens is 2. The molecule has 0 aliphatic heterocycles. The van der Waals surface area contributed by atoms with Crippen LogP contribution >= 0.6 is 35.0 Å². The van der Waals surface area contributed by atoms with Crippen molar-refractivity contribution in [2.24, 2.45) is 0 Å². The van der Waals surface area contributed by atoms with Gasteiger partial charge in [0.2, 0.25) is 0 Å². The van der Waals surface area contributed by atoms with E-state index in [-0.39, 0.29) is 6.10 Å². The molecule has 0 aliphatic carbocycles. The van der Waals surface area contributed by atoms with E-state index in [1.165, 1.54) is 0 Å². The van der Waals surface area contributed by atoms with Gasteiger partial charge in [-0.05, 0) is 43.7 Å². The molecule has 0 bridgehead atoms. The molecular weight excluding hydrogens is 417 g/mol. The summed E-state index contributed by atoms with van der Waals surface area (Å²) in [7, 11) is 1.67. The van der Waals surface area contributed by atoms with Crippen molar-refractivity contribution in [1.29, 1.82) is 0 Å². The molecule has 5 nitrogen and oxygen atoms in total. The molecule has 1 aromatic heterocycles. The van der Waals surface area contributed by atoms with Gasteiger partial charge in [-0.1, -0.05) is 47.1 Å². The number of methoxy groups -OCH3 is 1. The molecule has 0 amide bonds. The van der Waals surface area contributed by atoms with Crippen LogP contribution < -0.4 is 9.47 Å². The Kier molecular flexibility index (Phi) is 7.10. The second kappa shape index (κ2) is 9.54. The fourth-order valence-electron chi connectivity index (χ4n) is 2.73. The van der Waals surface area contributed by atoms with Gasteiger partial charge >= 0.3 is 0 Å². The van der Waals surface area contributed by atoms with Crippen LogP contribution in [0.3, 0.4) is 0 Å². The van der Waals surface area contributed by atoms with E-state index >= 15 is 0 Å². The van der Waals surface area contributed by atoms with E-state index in [9.17, 15) is 0 Å². The minimum atomic E-state index is -0.324. The monoisotopic (exact) mass is 437 g/mol. The molecule has 0 fully saturated rings. The zero-order chi connectivity index (χ0) is 20.1. The number of aromatic nitrogens is 3. The van der Waals surface area contributed by atoms with E-state index in [1.807, 2.05) is 29.7 Å². The summed E-state index contributed by atoms with van der Waals surface area (Å²) in [4.78, 5) is 0. The van der Waals surface area contributed by atoms with Crippen LogP contribution in [-0.4, -0.2) is 21.9 Å². The predicted molar refractivity (Wildman–Crippen MR) is 114 cm³/mol. The Morgan fingerprint density at radius 2 is 1.96 bits per heavy atom. The number of ether oxygens (including phenoxy) is 2. The van der Waals surface area contributed by atoms with Gasteiger partial charge in [0.25, 0.3) is 0 Å². The summed E-state index contributed by atoms with van der Waals surface area (Å²) in [5.74, 6) is 2.88. The molecule has 8 heteroatoms. The topological polar surface area (TPSA) is 49.2 Å². The van der Waals surface area contributed by atoms with Crippen LogP contribution in [0.15, 0.2) is 47.6 Å². The van der Waals surface area contributed by atoms with Gasteiger partial charge < -0.3 is 14.0 Å². The number of hydrogen-bond acceptors (Lipinski definition) is 5. The maximum atomic E-state index is 6.21. The summed E-state index contributed by atoms with van der Waals surface area (Å²) in [6.07, 6.45) is -0.324. The zero-order valence-corrected chi connectivity index (χ0v) is 18.2. The third kappa shape index (κ3) is 4.93. The highest BCUT2D eigenvalue weighted by atomic mass is 35.5. The van der Waals surface area contributed by atoms with Crippen molar-refractivity contribution in [3.05, 3.63) is 63.9 Å². The van der Waals surface area contributed by atoms with Gasteiger partial charge in [0.1, 0.15) is 11.5 Å². The van der Waals surface area contributed by atoms with E-state index in [0.29, 0.717) is 15.8 Å². The Morgan fingerprint density at radius 3 is 2.71 bits per heavy atom. The first kappa shape index (κ1) is 20.8. The quantitative estimate of drug-likeness (QED) is 0.401. The predicted octanol–water partition coefficient (Wildman–Crippen LogP) is 6.05. The van der Waals surface area contributed by atoms with Crippen molar-refractivity contribution >= 4 is 35.0 Å². The van der Waals surface area contributed by atoms with Gasteiger partial charge in [0.05, 0.1) is 12.1 Å². The molecule has 0 radical (unpaired) electrons. The molecule has 1 unspecified atom stereocenters. The van der Waals surface area contributed by atoms with Crippen LogP contribution in [0.4, 0.5) is 0 Å². The van der Waals surface area contributed by atoms with Crippen molar-refractivity contribution < 1.29 is 9.47 Å². The van der Waals surface area contributed by atoms with Crippen LogP contribution in [0.25, 0.3) is 0 Å². The van der Waals surface area contributed by atoms with Crippen LogP contribution in [0, 0.1) is 0 Å². The molecule has 0 N–H and O–H groups in total. The fraction of sp³-hybridized carbons (Fsp3) is 0.300.